The SMILES string of the molecule is O=C(CNCc1cccnc1)Nc1ccc(C(F)(F)F)cc1. The lowest BCUT2D eigenvalue weighted by Crippen LogP contribution is -2.27. The molecule has 2 N–H and O–H groups in total. The summed E-state index contributed by atoms with van der Waals surface area (Å²) in [5.41, 5.74) is 0.506. The van der Waals surface area contributed by atoms with Gasteiger partial charge in [0.25, 0.3) is 0 Å². The average molecular weight is 309 g/mol. The molecule has 0 saturated carbocycles. The van der Waals surface area contributed by atoms with Crippen molar-refractivity contribution in [1.29, 1.82) is 0 Å². The highest BCUT2D eigenvalue weighted by molar-refractivity contribution is 5.92. The number of rotatable bonds is 5. The lowest BCUT2D eigenvalue weighted by Gasteiger charge is -2.09. The van der Waals surface area contributed by atoms with Crippen molar-refractivity contribution in [3.05, 3.63) is 59.9 Å². The summed E-state index contributed by atoms with van der Waals surface area (Å²) < 4.78 is 37.2. The van der Waals surface area contributed by atoms with Crippen LogP contribution in [0.25, 0.3) is 0 Å². The quantitative estimate of drug-likeness (QED) is 0.893. The first-order valence-corrected chi connectivity index (χ1v) is 6.52. The molecule has 1 aromatic carbocycles. The van der Waals surface area contributed by atoms with E-state index in [9.17, 15) is 18.0 Å². The molecule has 0 bridgehead atoms. The van der Waals surface area contributed by atoms with Gasteiger partial charge in [-0.05, 0) is 35.9 Å². The number of carbonyl (C=O) groups excluding carboxylic acids is 1. The maximum atomic E-state index is 12.4. The van der Waals surface area contributed by atoms with E-state index in [2.05, 4.69) is 15.6 Å². The van der Waals surface area contributed by atoms with Crippen molar-refractivity contribution in [3.63, 3.8) is 0 Å². The number of nitrogens with zero attached hydrogens (tertiary/aromatic N) is 1. The first-order valence-electron chi connectivity index (χ1n) is 6.52. The Morgan fingerprint density at radius 1 is 1.14 bits per heavy atom. The van der Waals surface area contributed by atoms with Gasteiger partial charge in [0.1, 0.15) is 0 Å². The third-order valence-corrected chi connectivity index (χ3v) is 2.83. The fourth-order valence-electron chi connectivity index (χ4n) is 1.77. The van der Waals surface area contributed by atoms with Gasteiger partial charge < -0.3 is 10.6 Å². The Kier molecular flexibility index (Phi) is 5.11. The minimum atomic E-state index is -4.38. The number of nitrogens with one attached hydrogen (secondary N) is 2. The maximum Gasteiger partial charge on any atom is 0.416 e. The van der Waals surface area contributed by atoms with Crippen LogP contribution in [0.3, 0.4) is 0 Å². The summed E-state index contributed by atoms with van der Waals surface area (Å²) in [7, 11) is 0. The van der Waals surface area contributed by atoms with Crippen LogP contribution >= 0.6 is 0 Å². The Morgan fingerprint density at radius 2 is 1.86 bits per heavy atom. The summed E-state index contributed by atoms with van der Waals surface area (Å²) in [5.74, 6) is -0.330. The summed E-state index contributed by atoms with van der Waals surface area (Å²) in [4.78, 5) is 15.6. The van der Waals surface area contributed by atoms with Gasteiger partial charge in [-0.3, -0.25) is 9.78 Å². The summed E-state index contributed by atoms with van der Waals surface area (Å²) >= 11 is 0. The Hall–Kier alpha value is -2.41. The number of halogens is 3. The van der Waals surface area contributed by atoms with E-state index < -0.39 is 11.7 Å². The number of benzene rings is 1. The summed E-state index contributed by atoms with van der Waals surface area (Å²) in [5, 5.41) is 5.45. The molecule has 0 saturated heterocycles. The zero-order chi connectivity index (χ0) is 16.0. The minimum absolute atomic E-state index is 0.0515. The molecule has 116 valence electrons. The molecule has 0 unspecified atom stereocenters. The fourth-order valence-corrected chi connectivity index (χ4v) is 1.77. The Bertz CT molecular complexity index is 612. The molecule has 1 aromatic heterocycles. The predicted octanol–water partition coefficient (Wildman–Crippen LogP) is 2.83. The highest BCUT2D eigenvalue weighted by Gasteiger charge is 2.29. The second-order valence-corrected chi connectivity index (χ2v) is 4.59. The molecule has 1 amide bonds. The average Bonchev–Trinajstić information content (AvgIpc) is 2.48. The molecule has 0 aliphatic rings. The van der Waals surface area contributed by atoms with Crippen molar-refractivity contribution in [2.75, 3.05) is 11.9 Å². The van der Waals surface area contributed by atoms with Crippen LogP contribution in [0.15, 0.2) is 48.8 Å². The van der Waals surface area contributed by atoms with Gasteiger partial charge >= 0.3 is 6.18 Å². The number of aromatic nitrogens is 1. The van der Waals surface area contributed by atoms with Crippen molar-refractivity contribution >= 4 is 11.6 Å². The van der Waals surface area contributed by atoms with Gasteiger partial charge in [0.2, 0.25) is 5.91 Å². The predicted molar refractivity (Wildman–Crippen MR) is 76.0 cm³/mol. The zero-order valence-electron chi connectivity index (χ0n) is 11.5. The highest BCUT2D eigenvalue weighted by atomic mass is 19.4. The molecule has 7 heteroatoms. The van der Waals surface area contributed by atoms with Crippen LogP contribution in [-0.2, 0) is 17.5 Å². The Morgan fingerprint density at radius 3 is 2.45 bits per heavy atom. The number of amides is 1. The molecule has 2 rings (SSSR count). The third kappa shape index (κ3) is 4.85. The molecule has 22 heavy (non-hydrogen) atoms. The molecule has 1 heterocycles. The lowest BCUT2D eigenvalue weighted by molar-refractivity contribution is -0.137. The lowest BCUT2D eigenvalue weighted by atomic mass is 10.2. The smallest absolute Gasteiger partial charge is 0.325 e. The topological polar surface area (TPSA) is 54.0 Å². The maximum absolute atomic E-state index is 12.4. The van der Waals surface area contributed by atoms with Crippen LogP contribution < -0.4 is 10.6 Å². The van der Waals surface area contributed by atoms with Gasteiger partial charge in [-0.1, -0.05) is 6.07 Å². The first kappa shape index (κ1) is 16.0. The number of carbonyl (C=O) groups is 1. The van der Waals surface area contributed by atoms with Gasteiger partial charge in [0, 0.05) is 24.6 Å². The normalized spacial score (nSPS) is 11.2. The minimum Gasteiger partial charge on any atom is -0.325 e. The van der Waals surface area contributed by atoms with Gasteiger partial charge in [0.05, 0.1) is 12.1 Å². The van der Waals surface area contributed by atoms with E-state index in [1.54, 1.807) is 18.5 Å². The number of hydrogen-bond acceptors (Lipinski definition) is 3. The van der Waals surface area contributed by atoms with E-state index in [1.165, 1.54) is 12.1 Å². The molecule has 0 aliphatic heterocycles. The van der Waals surface area contributed by atoms with E-state index >= 15 is 0 Å². The second-order valence-electron chi connectivity index (χ2n) is 4.59. The van der Waals surface area contributed by atoms with Crippen molar-refractivity contribution in [2.24, 2.45) is 0 Å². The zero-order valence-corrected chi connectivity index (χ0v) is 11.5. The van der Waals surface area contributed by atoms with Gasteiger partial charge in [-0.15, -0.1) is 0 Å². The van der Waals surface area contributed by atoms with E-state index in [4.69, 9.17) is 0 Å². The van der Waals surface area contributed by atoms with Crippen LogP contribution in [0.2, 0.25) is 0 Å². The van der Waals surface area contributed by atoms with E-state index in [1.807, 2.05) is 6.07 Å². The molecule has 0 radical (unpaired) electrons. The first-order chi connectivity index (χ1) is 10.4. The molecule has 4 nitrogen and oxygen atoms in total. The number of pyridine rings is 1. The van der Waals surface area contributed by atoms with Crippen LogP contribution in [0.4, 0.5) is 18.9 Å². The van der Waals surface area contributed by atoms with Crippen LogP contribution in [0.1, 0.15) is 11.1 Å². The number of alkyl halides is 3. The van der Waals surface area contributed by atoms with Crippen molar-refractivity contribution in [3.8, 4) is 0 Å². The van der Waals surface area contributed by atoms with Crippen molar-refractivity contribution in [2.45, 2.75) is 12.7 Å². The van der Waals surface area contributed by atoms with Crippen LogP contribution in [0.5, 0.6) is 0 Å². The van der Waals surface area contributed by atoms with Gasteiger partial charge in [0.15, 0.2) is 0 Å². The summed E-state index contributed by atoms with van der Waals surface area (Å²) in [6, 6.07) is 7.97. The standard InChI is InChI=1S/C15H14F3N3O/c16-15(17,18)12-3-5-13(6-4-12)21-14(22)10-20-9-11-2-1-7-19-8-11/h1-8,20H,9-10H2,(H,21,22). The van der Waals surface area contributed by atoms with E-state index in [0.29, 0.717) is 12.2 Å². The van der Waals surface area contributed by atoms with E-state index in [0.717, 1.165) is 17.7 Å². The summed E-state index contributed by atoms with van der Waals surface area (Å²) in [6.07, 6.45) is -1.05. The van der Waals surface area contributed by atoms with Gasteiger partial charge in [-0.2, -0.15) is 13.2 Å². The molecular formula is C15H14F3N3O. The monoisotopic (exact) mass is 309 g/mol. The highest BCUT2D eigenvalue weighted by Crippen LogP contribution is 2.29. The molecule has 2 aromatic rings. The third-order valence-electron chi connectivity index (χ3n) is 2.83. The molecule has 0 atom stereocenters. The number of hydrogen-bond donors (Lipinski definition) is 2. The molecular weight excluding hydrogens is 295 g/mol. The van der Waals surface area contributed by atoms with Gasteiger partial charge in [-0.25, -0.2) is 0 Å². The Balaban J connectivity index is 1.79. The fraction of sp³-hybridized carbons (Fsp3) is 0.200. The van der Waals surface area contributed by atoms with Crippen molar-refractivity contribution in [1.82, 2.24) is 10.3 Å². The molecule has 0 spiro atoms. The Labute approximate surface area is 125 Å². The van der Waals surface area contributed by atoms with Crippen LogP contribution in [0, 0.1) is 0 Å². The second kappa shape index (κ2) is 7.04. The molecule has 0 fully saturated rings. The largest absolute Gasteiger partial charge is 0.416 e. The molecule has 0 aliphatic carbocycles. The van der Waals surface area contributed by atoms with Crippen LogP contribution in [-0.4, -0.2) is 17.4 Å². The number of anilines is 1. The van der Waals surface area contributed by atoms with E-state index in [-0.39, 0.29) is 12.5 Å². The van der Waals surface area contributed by atoms with Crippen molar-refractivity contribution < 1.29 is 18.0 Å². The summed E-state index contributed by atoms with van der Waals surface area (Å²) in [6.45, 7) is 0.532.